The van der Waals surface area contributed by atoms with Crippen LogP contribution in [0.15, 0.2) is 76.7 Å². The summed E-state index contributed by atoms with van der Waals surface area (Å²) >= 11 is 12.4. The Labute approximate surface area is 191 Å². The first-order valence-corrected chi connectivity index (χ1v) is 8.87. The average molecular weight is 475 g/mol. The molecule has 0 aliphatic carbocycles. The van der Waals surface area contributed by atoms with Crippen LogP contribution in [-0.2, 0) is 17.1 Å². The average Bonchev–Trinajstić information content (AvgIpc) is 2.65. The monoisotopic (exact) mass is 473 g/mol. The third-order valence-corrected chi connectivity index (χ3v) is 4.41. The molecule has 0 aliphatic heterocycles. The van der Waals surface area contributed by atoms with Crippen LogP contribution in [0.25, 0.3) is 0 Å². The fourth-order valence-corrected chi connectivity index (χ4v) is 2.75. The summed E-state index contributed by atoms with van der Waals surface area (Å²) in [5, 5.41) is 1.22. The molecule has 0 N–H and O–H groups in total. The van der Waals surface area contributed by atoms with Crippen molar-refractivity contribution in [1.29, 1.82) is 0 Å². The van der Waals surface area contributed by atoms with Gasteiger partial charge in [-0.05, 0) is 50.2 Å². The van der Waals surface area contributed by atoms with E-state index in [2.05, 4.69) is 15.0 Å². The molecule has 0 amide bonds. The summed E-state index contributed by atoms with van der Waals surface area (Å²) in [6.07, 6.45) is 0. The van der Waals surface area contributed by atoms with Crippen molar-refractivity contribution in [1.82, 2.24) is 4.98 Å². The maximum absolute atomic E-state index is 6.18. The molecule has 28 heavy (non-hydrogen) atoms. The number of pyridine rings is 1. The van der Waals surface area contributed by atoms with Gasteiger partial charge in [0.1, 0.15) is 0 Å². The van der Waals surface area contributed by atoms with Crippen LogP contribution >= 0.6 is 35.6 Å². The zero-order valence-corrected chi connectivity index (χ0v) is 18.6. The first kappa shape index (κ1) is 24.4. The second kappa shape index (κ2) is 11.4. The van der Waals surface area contributed by atoms with Gasteiger partial charge < -0.3 is 0 Å². The van der Waals surface area contributed by atoms with Crippen molar-refractivity contribution in [3.63, 3.8) is 0 Å². The van der Waals surface area contributed by atoms with E-state index in [-0.39, 0.29) is 29.5 Å². The number of nitrogens with zero attached hydrogens (tertiary/aromatic N) is 3. The number of rotatable bonds is 4. The van der Waals surface area contributed by atoms with E-state index in [1.54, 1.807) is 0 Å². The second-order valence-electron chi connectivity index (χ2n) is 5.71. The molecule has 0 atom stereocenters. The molecule has 3 rings (SSSR count). The van der Waals surface area contributed by atoms with E-state index in [0.717, 1.165) is 34.2 Å². The minimum atomic E-state index is 0. The number of benzene rings is 2. The minimum Gasteiger partial charge on any atom is -0.250 e. The zero-order chi connectivity index (χ0) is 18.5. The number of aromatic nitrogens is 1. The first-order valence-electron chi connectivity index (χ1n) is 8.12. The van der Waals surface area contributed by atoms with Crippen LogP contribution in [-0.4, -0.2) is 16.4 Å². The third kappa shape index (κ3) is 6.16. The van der Waals surface area contributed by atoms with E-state index >= 15 is 0 Å². The Morgan fingerprint density at radius 1 is 0.679 bits per heavy atom. The molecule has 0 unspecified atom stereocenters. The molecule has 0 spiro atoms. The largest absolute Gasteiger partial charge is 0.250 e. The van der Waals surface area contributed by atoms with Crippen LogP contribution in [0.5, 0.6) is 0 Å². The number of hydrogen-bond donors (Lipinski definition) is 0. The Kier molecular flexibility index (Phi) is 9.88. The van der Waals surface area contributed by atoms with Crippen molar-refractivity contribution < 1.29 is 17.1 Å². The maximum Gasteiger partial charge on any atom is 0.0849 e. The molecule has 0 saturated carbocycles. The summed E-state index contributed by atoms with van der Waals surface area (Å²) in [5.74, 6) is 0. The number of aliphatic imine (C=N–C) groups is 2. The Hall–Kier alpha value is -1.68. The van der Waals surface area contributed by atoms with Crippen molar-refractivity contribution >= 4 is 58.4 Å². The molecule has 0 fully saturated rings. The van der Waals surface area contributed by atoms with Gasteiger partial charge in [-0.15, -0.1) is 12.4 Å². The Bertz CT molecular complexity index is 927. The van der Waals surface area contributed by atoms with E-state index in [9.17, 15) is 0 Å². The van der Waals surface area contributed by atoms with Crippen LogP contribution in [0.4, 0.5) is 11.4 Å². The smallest absolute Gasteiger partial charge is 0.0849 e. The molecule has 1 heterocycles. The number of hydrogen-bond acceptors (Lipinski definition) is 3. The SMILES string of the molecule is CC(=Nc1ccccc1Cl)c1cccc(C(C)=Nc2ccccc2Cl)n1.Cl.[Fe]. The zero-order valence-electron chi connectivity index (χ0n) is 15.2. The van der Waals surface area contributed by atoms with Crippen LogP contribution < -0.4 is 0 Å². The molecule has 7 heteroatoms. The van der Waals surface area contributed by atoms with E-state index in [4.69, 9.17) is 23.2 Å². The van der Waals surface area contributed by atoms with E-state index < -0.39 is 0 Å². The molecule has 3 nitrogen and oxygen atoms in total. The van der Waals surface area contributed by atoms with Crippen LogP contribution in [0.3, 0.4) is 0 Å². The summed E-state index contributed by atoms with van der Waals surface area (Å²) in [6.45, 7) is 3.83. The molecule has 2 aromatic carbocycles. The predicted octanol–water partition coefficient (Wildman–Crippen LogP) is 7.09. The summed E-state index contributed by atoms with van der Waals surface area (Å²) in [7, 11) is 0. The van der Waals surface area contributed by atoms with Gasteiger partial charge in [0.15, 0.2) is 0 Å². The summed E-state index contributed by atoms with van der Waals surface area (Å²) in [6, 6.07) is 20.7. The van der Waals surface area contributed by atoms with Gasteiger partial charge in [-0.3, -0.25) is 0 Å². The van der Waals surface area contributed by atoms with Crippen molar-refractivity contribution in [3.05, 3.63) is 88.2 Å². The van der Waals surface area contributed by atoms with Gasteiger partial charge in [-0.2, -0.15) is 0 Å². The van der Waals surface area contributed by atoms with Gasteiger partial charge in [0.05, 0.1) is 44.2 Å². The quantitative estimate of drug-likeness (QED) is 0.294. The van der Waals surface area contributed by atoms with Crippen molar-refractivity contribution in [3.8, 4) is 0 Å². The molecule has 0 bridgehead atoms. The normalized spacial score (nSPS) is 11.4. The molecule has 146 valence electrons. The van der Waals surface area contributed by atoms with Crippen LogP contribution in [0.2, 0.25) is 10.0 Å². The Morgan fingerprint density at radius 2 is 1.07 bits per heavy atom. The first-order chi connectivity index (χ1) is 12.5. The standard InChI is InChI=1S/C21H17Cl2N3.ClH.Fe/c1-14(24-20-10-5-3-8-16(20)22)18-12-7-13-19(26-18)15(2)25-21-11-6-4-9-17(21)23;;/h3-13H,1-2H3;1H;. The summed E-state index contributed by atoms with van der Waals surface area (Å²) < 4.78 is 0. The fraction of sp³-hybridized carbons (Fsp3) is 0.0952. The van der Waals surface area contributed by atoms with E-state index in [0.29, 0.717) is 10.0 Å². The summed E-state index contributed by atoms with van der Waals surface area (Å²) in [5.41, 5.74) is 4.56. The fourth-order valence-electron chi connectivity index (χ4n) is 2.40. The van der Waals surface area contributed by atoms with Crippen molar-refractivity contribution in [2.24, 2.45) is 9.98 Å². The Morgan fingerprint density at radius 3 is 1.46 bits per heavy atom. The van der Waals surface area contributed by atoms with Gasteiger partial charge in [0.25, 0.3) is 0 Å². The van der Waals surface area contributed by atoms with E-state index in [1.165, 1.54) is 0 Å². The second-order valence-corrected chi connectivity index (χ2v) is 6.52. The Balaban J connectivity index is 0.00000196. The van der Waals surface area contributed by atoms with Crippen molar-refractivity contribution in [2.45, 2.75) is 13.8 Å². The molecular weight excluding hydrogens is 456 g/mol. The molecule has 0 aliphatic rings. The number of para-hydroxylation sites is 2. The van der Waals surface area contributed by atoms with Gasteiger partial charge in [-0.1, -0.05) is 53.5 Å². The maximum atomic E-state index is 6.18. The van der Waals surface area contributed by atoms with Gasteiger partial charge in [0, 0.05) is 17.1 Å². The van der Waals surface area contributed by atoms with Gasteiger partial charge >= 0.3 is 0 Å². The van der Waals surface area contributed by atoms with Crippen LogP contribution in [0, 0.1) is 0 Å². The number of halogens is 3. The third-order valence-electron chi connectivity index (χ3n) is 3.77. The van der Waals surface area contributed by atoms with Crippen molar-refractivity contribution in [2.75, 3.05) is 0 Å². The minimum absolute atomic E-state index is 0. The van der Waals surface area contributed by atoms with E-state index in [1.807, 2.05) is 80.6 Å². The van der Waals surface area contributed by atoms with Gasteiger partial charge in [0.2, 0.25) is 0 Å². The molecule has 0 radical (unpaired) electrons. The molecule has 0 saturated heterocycles. The topological polar surface area (TPSA) is 37.6 Å². The predicted molar refractivity (Wildman–Crippen MR) is 118 cm³/mol. The molecular formula is C21H18Cl3FeN3. The molecule has 1 aromatic heterocycles. The molecule has 3 aromatic rings. The van der Waals surface area contributed by atoms with Crippen LogP contribution in [0.1, 0.15) is 25.2 Å². The summed E-state index contributed by atoms with van der Waals surface area (Å²) in [4.78, 5) is 13.9. The van der Waals surface area contributed by atoms with Gasteiger partial charge in [-0.25, -0.2) is 15.0 Å².